The highest BCUT2D eigenvalue weighted by Gasteiger charge is 2.23. The van der Waals surface area contributed by atoms with Crippen molar-refractivity contribution >= 4 is 22.8 Å². The fraction of sp³-hybridized carbons (Fsp3) is 0.238. The van der Waals surface area contributed by atoms with Crippen LogP contribution in [-0.4, -0.2) is 27.4 Å². The van der Waals surface area contributed by atoms with Crippen LogP contribution in [-0.2, 0) is 11.3 Å². The first-order chi connectivity index (χ1) is 12.9. The predicted octanol–water partition coefficient (Wildman–Crippen LogP) is 3.15. The summed E-state index contributed by atoms with van der Waals surface area (Å²) >= 11 is 0. The van der Waals surface area contributed by atoms with Crippen molar-refractivity contribution < 1.29 is 14.3 Å². The van der Waals surface area contributed by atoms with E-state index >= 15 is 0 Å². The van der Waals surface area contributed by atoms with Crippen LogP contribution >= 0.6 is 0 Å². The zero-order valence-corrected chi connectivity index (χ0v) is 15.4. The number of ketones is 1. The van der Waals surface area contributed by atoms with E-state index in [9.17, 15) is 14.4 Å². The number of carbonyl (C=O) groups is 2. The third kappa shape index (κ3) is 3.65. The van der Waals surface area contributed by atoms with Crippen LogP contribution in [0.5, 0.6) is 0 Å². The van der Waals surface area contributed by atoms with Gasteiger partial charge in [0.05, 0.1) is 5.39 Å². The van der Waals surface area contributed by atoms with Gasteiger partial charge in [0.1, 0.15) is 11.2 Å². The topological polar surface area (TPSA) is 78.3 Å². The summed E-state index contributed by atoms with van der Waals surface area (Å²) in [7, 11) is 0. The van der Waals surface area contributed by atoms with Gasteiger partial charge in [0.2, 0.25) is 11.2 Å². The monoisotopic (exact) mass is 364 g/mol. The Morgan fingerprint density at radius 1 is 1.15 bits per heavy atom. The smallest absolute Gasteiger partial charge is 0.344 e. The number of rotatable bonds is 5. The quantitative estimate of drug-likeness (QED) is 0.513. The van der Waals surface area contributed by atoms with Crippen LogP contribution in [0.25, 0.3) is 11.0 Å². The van der Waals surface area contributed by atoms with Crippen LogP contribution in [0.15, 0.2) is 53.5 Å². The Balaban J connectivity index is 1.94. The molecule has 2 heterocycles. The Morgan fingerprint density at radius 2 is 1.85 bits per heavy atom. The van der Waals surface area contributed by atoms with Crippen molar-refractivity contribution in [2.75, 3.05) is 0 Å². The van der Waals surface area contributed by atoms with E-state index in [1.807, 2.05) is 13.8 Å². The summed E-state index contributed by atoms with van der Waals surface area (Å²) < 4.78 is 7.01. The van der Waals surface area contributed by atoms with E-state index in [-0.39, 0.29) is 11.3 Å². The summed E-state index contributed by atoms with van der Waals surface area (Å²) in [6.45, 7) is 5.76. The van der Waals surface area contributed by atoms with Crippen LogP contribution in [0.1, 0.15) is 40.3 Å². The number of benzene rings is 1. The van der Waals surface area contributed by atoms with Crippen molar-refractivity contribution in [3.05, 3.63) is 75.7 Å². The third-order valence-corrected chi connectivity index (χ3v) is 4.33. The summed E-state index contributed by atoms with van der Waals surface area (Å²) in [4.78, 5) is 42.1. The molecule has 0 fully saturated rings. The first kappa shape index (κ1) is 18.5. The van der Waals surface area contributed by atoms with Gasteiger partial charge in [-0.25, -0.2) is 9.78 Å². The maximum atomic E-state index is 12.7. The van der Waals surface area contributed by atoms with E-state index < -0.39 is 17.5 Å². The van der Waals surface area contributed by atoms with Gasteiger partial charge in [-0.2, -0.15) is 0 Å². The van der Waals surface area contributed by atoms with Crippen molar-refractivity contribution in [2.24, 2.45) is 0 Å². The number of esters is 1. The SMILES string of the molecule is CCn1cc(C(=O)O[C@@H](C)C(=O)c2ccccc2)c(=O)c2ccc(C)nc21. The lowest BCUT2D eigenvalue weighted by Crippen LogP contribution is -2.28. The highest BCUT2D eigenvalue weighted by molar-refractivity contribution is 6.01. The minimum atomic E-state index is -0.999. The van der Waals surface area contributed by atoms with Gasteiger partial charge in [-0.05, 0) is 32.9 Å². The lowest BCUT2D eigenvalue weighted by Gasteiger charge is -2.14. The van der Waals surface area contributed by atoms with Crippen molar-refractivity contribution in [3.63, 3.8) is 0 Å². The highest BCUT2D eigenvalue weighted by Crippen LogP contribution is 2.13. The summed E-state index contributed by atoms with van der Waals surface area (Å²) in [5, 5.41) is 0.346. The summed E-state index contributed by atoms with van der Waals surface area (Å²) in [6.07, 6.45) is 0.445. The average molecular weight is 364 g/mol. The van der Waals surface area contributed by atoms with E-state index in [1.54, 1.807) is 47.0 Å². The summed E-state index contributed by atoms with van der Waals surface area (Å²) in [5.74, 6) is -1.14. The van der Waals surface area contributed by atoms with Gasteiger partial charge in [0.25, 0.3) is 0 Å². The third-order valence-electron chi connectivity index (χ3n) is 4.33. The van der Waals surface area contributed by atoms with E-state index in [0.29, 0.717) is 23.1 Å². The van der Waals surface area contributed by atoms with Gasteiger partial charge in [-0.15, -0.1) is 0 Å². The number of nitrogens with zero attached hydrogens (tertiary/aromatic N) is 2. The molecule has 0 radical (unpaired) electrons. The molecule has 0 amide bonds. The van der Waals surface area contributed by atoms with Crippen molar-refractivity contribution in [1.29, 1.82) is 0 Å². The van der Waals surface area contributed by atoms with Crippen LogP contribution in [0.2, 0.25) is 0 Å². The number of hydrogen-bond donors (Lipinski definition) is 0. The van der Waals surface area contributed by atoms with Crippen LogP contribution < -0.4 is 5.43 Å². The Morgan fingerprint density at radius 3 is 2.52 bits per heavy atom. The molecule has 6 heteroatoms. The zero-order valence-electron chi connectivity index (χ0n) is 15.4. The van der Waals surface area contributed by atoms with E-state index in [1.165, 1.54) is 13.1 Å². The molecule has 0 saturated carbocycles. The molecule has 0 saturated heterocycles. The molecule has 1 aromatic carbocycles. The second-order valence-electron chi connectivity index (χ2n) is 6.26. The van der Waals surface area contributed by atoms with E-state index in [4.69, 9.17) is 4.74 Å². The minimum absolute atomic E-state index is 0.109. The van der Waals surface area contributed by atoms with Crippen molar-refractivity contribution in [2.45, 2.75) is 33.4 Å². The maximum absolute atomic E-state index is 12.7. The van der Waals surface area contributed by atoms with Crippen LogP contribution in [0, 0.1) is 6.92 Å². The number of fused-ring (bicyclic) bond motifs is 1. The van der Waals surface area contributed by atoms with Crippen molar-refractivity contribution in [1.82, 2.24) is 9.55 Å². The van der Waals surface area contributed by atoms with Crippen molar-refractivity contribution in [3.8, 4) is 0 Å². The van der Waals surface area contributed by atoms with Gasteiger partial charge in [-0.3, -0.25) is 9.59 Å². The first-order valence-electron chi connectivity index (χ1n) is 8.73. The molecule has 27 heavy (non-hydrogen) atoms. The second-order valence-corrected chi connectivity index (χ2v) is 6.26. The molecular formula is C21H20N2O4. The van der Waals surface area contributed by atoms with Gasteiger partial charge in [0.15, 0.2) is 6.10 Å². The molecule has 0 bridgehead atoms. The molecule has 3 aromatic rings. The van der Waals surface area contributed by atoms with Crippen LogP contribution in [0.4, 0.5) is 0 Å². The van der Waals surface area contributed by atoms with Gasteiger partial charge in [-0.1, -0.05) is 30.3 Å². The van der Waals surface area contributed by atoms with Gasteiger partial charge in [0, 0.05) is 24.0 Å². The number of aryl methyl sites for hydroxylation is 2. The Labute approximate surface area is 156 Å². The van der Waals surface area contributed by atoms with E-state index in [0.717, 1.165) is 5.69 Å². The lowest BCUT2D eigenvalue weighted by atomic mass is 10.1. The standard InChI is InChI=1S/C21H20N2O4/c1-4-23-12-17(19(25)16-11-10-13(2)22-20(16)23)21(26)27-14(3)18(24)15-8-6-5-7-9-15/h5-12,14H,4H2,1-3H3/t14-/m0/s1. The number of aromatic nitrogens is 2. The summed E-state index contributed by atoms with van der Waals surface area (Å²) in [5.41, 5.74) is 1.19. The number of carbonyl (C=O) groups excluding carboxylic acids is 2. The number of ether oxygens (including phenoxy) is 1. The second kappa shape index (κ2) is 7.53. The fourth-order valence-corrected chi connectivity index (χ4v) is 2.86. The fourth-order valence-electron chi connectivity index (χ4n) is 2.86. The number of pyridine rings is 2. The first-order valence-corrected chi connectivity index (χ1v) is 8.73. The predicted molar refractivity (Wildman–Crippen MR) is 102 cm³/mol. The normalized spacial score (nSPS) is 12.0. The molecule has 0 N–H and O–H groups in total. The molecule has 138 valence electrons. The molecule has 2 aromatic heterocycles. The summed E-state index contributed by atoms with van der Waals surface area (Å²) in [6, 6.07) is 12.0. The number of hydrogen-bond acceptors (Lipinski definition) is 5. The molecule has 0 spiro atoms. The molecule has 0 aliphatic rings. The molecule has 6 nitrogen and oxygen atoms in total. The molecular weight excluding hydrogens is 344 g/mol. The number of Topliss-reactive ketones (excluding diaryl/α,β-unsaturated/α-hetero) is 1. The molecule has 0 unspecified atom stereocenters. The molecule has 0 aliphatic carbocycles. The molecule has 1 atom stereocenters. The highest BCUT2D eigenvalue weighted by atomic mass is 16.5. The van der Waals surface area contributed by atoms with Gasteiger partial charge < -0.3 is 9.30 Å². The molecule has 3 rings (SSSR count). The minimum Gasteiger partial charge on any atom is -0.451 e. The van der Waals surface area contributed by atoms with E-state index in [2.05, 4.69) is 4.98 Å². The lowest BCUT2D eigenvalue weighted by molar-refractivity contribution is 0.0317. The Hall–Kier alpha value is -3.28. The largest absolute Gasteiger partial charge is 0.451 e. The Bertz CT molecular complexity index is 1070. The Kier molecular flexibility index (Phi) is 5.16. The zero-order chi connectivity index (χ0) is 19.6. The average Bonchev–Trinajstić information content (AvgIpc) is 2.68. The van der Waals surface area contributed by atoms with Gasteiger partial charge >= 0.3 is 5.97 Å². The molecule has 0 aliphatic heterocycles. The maximum Gasteiger partial charge on any atom is 0.344 e. The van der Waals surface area contributed by atoms with Crippen LogP contribution in [0.3, 0.4) is 0 Å².